The zero-order valence-corrected chi connectivity index (χ0v) is 12.4. The molecular formula is C16H12BrNO2. The number of aromatic amines is 1. The summed E-state index contributed by atoms with van der Waals surface area (Å²) in [7, 11) is 1.62. The molecule has 1 heterocycles. The smallest absolute Gasteiger partial charge is 0.210 e. The largest absolute Gasteiger partial charge is 0.497 e. The number of benzene rings is 2. The Morgan fingerprint density at radius 3 is 2.60 bits per heavy atom. The lowest BCUT2D eigenvalue weighted by molar-refractivity contribution is 0.103. The van der Waals surface area contributed by atoms with Crippen molar-refractivity contribution in [1.82, 2.24) is 4.98 Å². The van der Waals surface area contributed by atoms with Crippen molar-refractivity contribution in [2.75, 3.05) is 7.11 Å². The Labute approximate surface area is 124 Å². The molecule has 2 aromatic carbocycles. The highest BCUT2D eigenvalue weighted by molar-refractivity contribution is 9.10. The molecule has 3 rings (SSSR count). The zero-order valence-electron chi connectivity index (χ0n) is 10.8. The van der Waals surface area contributed by atoms with Crippen LogP contribution in [-0.4, -0.2) is 17.9 Å². The van der Waals surface area contributed by atoms with E-state index in [1.54, 1.807) is 19.2 Å². The maximum atomic E-state index is 12.5. The maximum Gasteiger partial charge on any atom is 0.210 e. The van der Waals surface area contributed by atoms with Gasteiger partial charge in [0.1, 0.15) is 11.4 Å². The lowest BCUT2D eigenvalue weighted by atomic mass is 10.1. The molecular weight excluding hydrogens is 318 g/mol. The molecule has 20 heavy (non-hydrogen) atoms. The van der Waals surface area contributed by atoms with E-state index in [1.807, 2.05) is 36.4 Å². The Hall–Kier alpha value is -2.07. The van der Waals surface area contributed by atoms with Crippen LogP contribution in [0.1, 0.15) is 16.1 Å². The molecule has 3 aromatic rings. The van der Waals surface area contributed by atoms with E-state index in [9.17, 15) is 4.79 Å². The van der Waals surface area contributed by atoms with Gasteiger partial charge in [-0.25, -0.2) is 0 Å². The molecule has 0 saturated carbocycles. The average molecular weight is 330 g/mol. The molecule has 100 valence electrons. The minimum absolute atomic E-state index is 0.0346. The van der Waals surface area contributed by atoms with Crippen molar-refractivity contribution < 1.29 is 9.53 Å². The van der Waals surface area contributed by atoms with E-state index in [2.05, 4.69) is 20.9 Å². The normalized spacial score (nSPS) is 10.7. The number of rotatable bonds is 3. The molecule has 0 radical (unpaired) electrons. The third-order valence-electron chi connectivity index (χ3n) is 3.21. The van der Waals surface area contributed by atoms with Gasteiger partial charge >= 0.3 is 0 Å². The summed E-state index contributed by atoms with van der Waals surface area (Å²) in [4.78, 5) is 15.7. The minimum Gasteiger partial charge on any atom is -0.497 e. The van der Waals surface area contributed by atoms with Crippen LogP contribution in [0.25, 0.3) is 10.9 Å². The fraction of sp³-hybridized carbons (Fsp3) is 0.0625. The number of hydrogen-bond acceptors (Lipinski definition) is 2. The van der Waals surface area contributed by atoms with Crippen molar-refractivity contribution >= 4 is 32.6 Å². The van der Waals surface area contributed by atoms with Gasteiger partial charge in [-0.2, -0.15) is 0 Å². The second-order valence-electron chi connectivity index (χ2n) is 4.42. The number of carbonyl (C=O) groups is 1. The lowest BCUT2D eigenvalue weighted by Crippen LogP contribution is -2.01. The van der Waals surface area contributed by atoms with Gasteiger partial charge < -0.3 is 9.72 Å². The molecule has 1 N–H and O–H groups in total. The van der Waals surface area contributed by atoms with Gasteiger partial charge in [0.05, 0.1) is 11.6 Å². The minimum atomic E-state index is -0.0346. The summed E-state index contributed by atoms with van der Waals surface area (Å²) in [5.74, 6) is 0.726. The van der Waals surface area contributed by atoms with Gasteiger partial charge in [0.2, 0.25) is 5.78 Å². The molecule has 0 saturated heterocycles. The van der Waals surface area contributed by atoms with E-state index in [0.29, 0.717) is 11.3 Å². The quantitative estimate of drug-likeness (QED) is 0.733. The summed E-state index contributed by atoms with van der Waals surface area (Å²) in [5.41, 5.74) is 2.11. The zero-order chi connectivity index (χ0) is 14.1. The number of H-pyrrole nitrogens is 1. The number of aromatic nitrogens is 1. The summed E-state index contributed by atoms with van der Waals surface area (Å²) in [6.45, 7) is 0. The van der Waals surface area contributed by atoms with E-state index in [0.717, 1.165) is 21.1 Å². The lowest BCUT2D eigenvalue weighted by Gasteiger charge is -1.99. The predicted octanol–water partition coefficient (Wildman–Crippen LogP) is 4.17. The second-order valence-corrected chi connectivity index (χ2v) is 5.21. The Balaban J connectivity index is 2.13. The van der Waals surface area contributed by atoms with Crippen LogP contribution >= 0.6 is 15.9 Å². The van der Waals surface area contributed by atoms with Crippen molar-refractivity contribution in [3.8, 4) is 5.75 Å². The van der Waals surface area contributed by atoms with Crippen LogP contribution in [0.3, 0.4) is 0 Å². The van der Waals surface area contributed by atoms with E-state index in [1.165, 1.54) is 0 Å². The monoisotopic (exact) mass is 329 g/mol. The van der Waals surface area contributed by atoms with Gasteiger partial charge in [0.25, 0.3) is 0 Å². The van der Waals surface area contributed by atoms with Crippen molar-refractivity contribution in [3.05, 3.63) is 64.3 Å². The van der Waals surface area contributed by atoms with E-state index in [4.69, 9.17) is 4.74 Å². The van der Waals surface area contributed by atoms with Crippen LogP contribution in [0.5, 0.6) is 5.75 Å². The highest BCUT2D eigenvalue weighted by Crippen LogP contribution is 2.31. The van der Waals surface area contributed by atoms with Crippen LogP contribution in [0, 0.1) is 0 Å². The first-order valence-electron chi connectivity index (χ1n) is 6.15. The van der Waals surface area contributed by atoms with Gasteiger partial charge in [-0.3, -0.25) is 4.79 Å². The highest BCUT2D eigenvalue weighted by Gasteiger charge is 2.17. The molecule has 0 atom stereocenters. The van der Waals surface area contributed by atoms with Crippen molar-refractivity contribution in [2.24, 2.45) is 0 Å². The van der Waals surface area contributed by atoms with Crippen molar-refractivity contribution in [3.63, 3.8) is 0 Å². The Morgan fingerprint density at radius 1 is 1.15 bits per heavy atom. The number of nitrogens with one attached hydrogen (secondary N) is 1. The molecule has 0 aliphatic carbocycles. The fourth-order valence-corrected chi connectivity index (χ4v) is 2.76. The van der Waals surface area contributed by atoms with Crippen molar-refractivity contribution in [1.29, 1.82) is 0 Å². The van der Waals surface area contributed by atoms with E-state index < -0.39 is 0 Å². The summed E-state index contributed by atoms with van der Waals surface area (Å²) in [6, 6.07) is 14.9. The first-order chi connectivity index (χ1) is 9.70. The first kappa shape index (κ1) is 12.9. The summed E-state index contributed by atoms with van der Waals surface area (Å²) < 4.78 is 5.98. The summed E-state index contributed by atoms with van der Waals surface area (Å²) in [6.07, 6.45) is 0. The molecule has 4 heteroatoms. The van der Waals surface area contributed by atoms with Gasteiger partial charge in [-0.05, 0) is 34.1 Å². The molecule has 0 amide bonds. The SMILES string of the molecule is COc1ccc2[nH]c(C(=O)c3ccccc3)c(Br)c2c1. The molecule has 1 aromatic heterocycles. The highest BCUT2D eigenvalue weighted by atomic mass is 79.9. The number of methoxy groups -OCH3 is 1. The Morgan fingerprint density at radius 2 is 1.90 bits per heavy atom. The summed E-state index contributed by atoms with van der Waals surface area (Å²) in [5, 5.41) is 0.934. The number of hydrogen-bond donors (Lipinski definition) is 1. The van der Waals surface area contributed by atoms with Crippen LogP contribution in [-0.2, 0) is 0 Å². The molecule has 0 spiro atoms. The molecule has 3 nitrogen and oxygen atoms in total. The van der Waals surface area contributed by atoms with E-state index in [-0.39, 0.29) is 5.78 Å². The fourth-order valence-electron chi connectivity index (χ4n) is 2.16. The van der Waals surface area contributed by atoms with E-state index >= 15 is 0 Å². The third kappa shape index (κ3) is 2.12. The van der Waals surface area contributed by atoms with Gasteiger partial charge in [0, 0.05) is 16.5 Å². The maximum absolute atomic E-state index is 12.5. The molecule has 0 bridgehead atoms. The number of carbonyl (C=O) groups excluding carboxylic acids is 1. The standard InChI is InChI=1S/C16H12BrNO2/c1-20-11-7-8-13-12(9-11)14(17)15(18-13)16(19)10-5-3-2-4-6-10/h2-9,18H,1H3. The topological polar surface area (TPSA) is 42.1 Å². The average Bonchev–Trinajstić information content (AvgIpc) is 2.84. The number of ketones is 1. The molecule has 0 fully saturated rings. The van der Waals surface area contributed by atoms with Gasteiger partial charge in [0.15, 0.2) is 0 Å². The molecule has 0 aliphatic heterocycles. The van der Waals surface area contributed by atoms with Crippen molar-refractivity contribution in [2.45, 2.75) is 0 Å². The molecule has 0 aliphatic rings. The third-order valence-corrected chi connectivity index (χ3v) is 4.03. The van der Waals surface area contributed by atoms with Crippen LogP contribution in [0.15, 0.2) is 53.0 Å². The number of fused-ring (bicyclic) bond motifs is 1. The van der Waals surface area contributed by atoms with Crippen LogP contribution in [0.2, 0.25) is 0 Å². The van der Waals surface area contributed by atoms with Gasteiger partial charge in [-0.1, -0.05) is 30.3 Å². The number of halogens is 1. The second kappa shape index (κ2) is 5.13. The number of ether oxygens (including phenoxy) is 1. The Kier molecular flexibility index (Phi) is 3.32. The Bertz CT molecular complexity index is 778. The predicted molar refractivity (Wildman–Crippen MR) is 82.4 cm³/mol. The van der Waals surface area contributed by atoms with Crippen LogP contribution in [0.4, 0.5) is 0 Å². The first-order valence-corrected chi connectivity index (χ1v) is 6.95. The van der Waals surface area contributed by atoms with Crippen LogP contribution < -0.4 is 4.74 Å². The summed E-state index contributed by atoms with van der Waals surface area (Å²) >= 11 is 3.51. The molecule has 0 unspecified atom stereocenters. The van der Waals surface area contributed by atoms with Gasteiger partial charge in [-0.15, -0.1) is 0 Å².